The first-order valence-electron chi connectivity index (χ1n) is 12.8. The summed E-state index contributed by atoms with van der Waals surface area (Å²) >= 11 is 0. The largest absolute Gasteiger partial charge is 0.394 e. The number of rotatable bonds is 17. The molecule has 0 aliphatic carbocycles. The van der Waals surface area contributed by atoms with Crippen LogP contribution in [-0.2, 0) is 11.2 Å². The Hall–Kier alpha value is -2.78. The van der Waals surface area contributed by atoms with Crippen molar-refractivity contribution in [2.45, 2.75) is 45.1 Å². The highest BCUT2D eigenvalue weighted by Gasteiger charge is 2.31. The number of nitrogens with two attached hydrogens (primary N) is 1. The third kappa shape index (κ3) is 8.71. The van der Waals surface area contributed by atoms with Crippen molar-refractivity contribution in [2.75, 3.05) is 46.0 Å². The number of amides is 2. The maximum atomic E-state index is 13.7. The monoisotopic (exact) mass is 499 g/mol. The molecule has 8 heteroatoms. The van der Waals surface area contributed by atoms with Crippen molar-refractivity contribution in [1.82, 2.24) is 10.2 Å². The van der Waals surface area contributed by atoms with Crippen molar-refractivity contribution in [1.29, 1.82) is 0 Å². The van der Waals surface area contributed by atoms with Gasteiger partial charge in [-0.2, -0.15) is 0 Å². The third-order valence-corrected chi connectivity index (χ3v) is 6.02. The zero-order valence-electron chi connectivity index (χ0n) is 21.5. The molecule has 0 bridgehead atoms. The minimum absolute atomic E-state index is 0.0461. The van der Waals surface area contributed by atoms with E-state index in [1.54, 1.807) is 23.1 Å². The average molecular weight is 500 g/mol. The molecule has 0 aliphatic heterocycles. The second-order valence-electron chi connectivity index (χ2n) is 8.83. The van der Waals surface area contributed by atoms with Crippen molar-refractivity contribution in [3.63, 3.8) is 0 Å². The van der Waals surface area contributed by atoms with Crippen LogP contribution in [0.5, 0.6) is 0 Å². The molecule has 2 atom stereocenters. The number of carbonyl (C=O) groups excluding carboxylic acids is 2. The second-order valence-corrected chi connectivity index (χ2v) is 8.83. The van der Waals surface area contributed by atoms with Crippen LogP contribution in [0.15, 0.2) is 48.5 Å². The minimum atomic E-state index is -0.902. The molecule has 0 heterocycles. The van der Waals surface area contributed by atoms with Gasteiger partial charge >= 0.3 is 0 Å². The average Bonchev–Trinajstić information content (AvgIpc) is 2.88. The maximum absolute atomic E-state index is 13.7. The van der Waals surface area contributed by atoms with Crippen molar-refractivity contribution in [2.24, 2.45) is 5.73 Å². The Morgan fingerprint density at radius 3 is 2.28 bits per heavy atom. The smallest absolute Gasteiger partial charge is 0.254 e. The number of ether oxygens (including phenoxy) is 1. The van der Waals surface area contributed by atoms with E-state index in [4.69, 9.17) is 15.6 Å². The Kier molecular flexibility index (Phi) is 13.1. The van der Waals surface area contributed by atoms with Gasteiger partial charge in [-0.15, -0.1) is 0 Å². The van der Waals surface area contributed by atoms with E-state index in [-0.39, 0.29) is 31.2 Å². The molecule has 0 saturated carbocycles. The van der Waals surface area contributed by atoms with Crippen molar-refractivity contribution < 1.29 is 24.5 Å². The fraction of sp³-hybridized carbons (Fsp3) is 0.500. The van der Waals surface area contributed by atoms with E-state index in [2.05, 4.69) is 5.32 Å². The summed E-state index contributed by atoms with van der Waals surface area (Å²) in [7, 11) is 0. The lowest BCUT2D eigenvalue weighted by molar-refractivity contribution is 0.0750. The molecule has 36 heavy (non-hydrogen) atoms. The van der Waals surface area contributed by atoms with Crippen LogP contribution >= 0.6 is 0 Å². The van der Waals surface area contributed by atoms with Gasteiger partial charge < -0.3 is 30.9 Å². The Morgan fingerprint density at radius 2 is 1.67 bits per heavy atom. The zero-order valence-corrected chi connectivity index (χ0v) is 21.5. The predicted molar refractivity (Wildman–Crippen MR) is 141 cm³/mol. The number of nitrogens with zero attached hydrogens (tertiary/aromatic N) is 1. The van der Waals surface area contributed by atoms with Crippen LogP contribution in [0, 0.1) is 0 Å². The first-order valence-corrected chi connectivity index (χ1v) is 12.8. The summed E-state index contributed by atoms with van der Waals surface area (Å²) in [6.45, 7) is 6.57. The van der Waals surface area contributed by atoms with Crippen molar-refractivity contribution >= 4 is 11.8 Å². The van der Waals surface area contributed by atoms with Gasteiger partial charge in [-0.3, -0.25) is 9.59 Å². The number of hydrogen-bond donors (Lipinski definition) is 4. The van der Waals surface area contributed by atoms with E-state index in [0.717, 1.165) is 18.4 Å². The van der Waals surface area contributed by atoms with E-state index in [0.29, 0.717) is 43.8 Å². The predicted octanol–water partition coefficient (Wildman–Crippen LogP) is 2.33. The van der Waals surface area contributed by atoms with Crippen LogP contribution in [0.3, 0.4) is 0 Å². The molecule has 2 aromatic rings. The molecule has 198 valence electrons. The lowest BCUT2D eigenvalue weighted by Gasteiger charge is -2.29. The van der Waals surface area contributed by atoms with Gasteiger partial charge in [-0.25, -0.2) is 0 Å². The maximum Gasteiger partial charge on any atom is 0.254 e. The fourth-order valence-electron chi connectivity index (χ4n) is 4.39. The molecule has 0 aliphatic rings. The van der Waals surface area contributed by atoms with Crippen molar-refractivity contribution in [3.8, 4) is 0 Å². The summed E-state index contributed by atoms with van der Waals surface area (Å²) in [5.41, 5.74) is 7.90. The molecule has 0 unspecified atom stereocenters. The SMILES string of the molecule is CCCN(CCC)C(=O)c1cccc(C(N)=O)c1[C@H](Cc1ccccc1)[C@@H](O)CNCCOCCO. The summed E-state index contributed by atoms with van der Waals surface area (Å²) < 4.78 is 5.27. The van der Waals surface area contributed by atoms with E-state index in [1.165, 1.54) is 0 Å². The van der Waals surface area contributed by atoms with Gasteiger partial charge in [0.2, 0.25) is 5.91 Å². The highest BCUT2D eigenvalue weighted by Crippen LogP contribution is 2.32. The van der Waals surface area contributed by atoms with Gasteiger partial charge in [0.25, 0.3) is 5.91 Å². The molecule has 0 radical (unpaired) electrons. The molecule has 2 aromatic carbocycles. The standard InChI is InChI=1S/C28H41N3O5/c1-3-14-31(15-4-2)28(35)23-12-8-11-22(27(29)34)26(23)24(19-21-9-6-5-7-10-21)25(33)20-30-13-17-36-18-16-32/h5-12,24-25,30,32-33H,3-4,13-20H2,1-2H3,(H2,29,34)/t24-,25+/m1/s1. The quantitative estimate of drug-likeness (QED) is 0.248. The number of aliphatic hydroxyl groups excluding tert-OH is 2. The molecule has 2 amide bonds. The molecule has 0 fully saturated rings. The van der Waals surface area contributed by atoms with Gasteiger partial charge in [-0.05, 0) is 42.5 Å². The Bertz CT molecular complexity index is 932. The van der Waals surface area contributed by atoms with Crippen LogP contribution in [-0.4, -0.2) is 79.0 Å². The molecule has 0 aromatic heterocycles. The van der Waals surface area contributed by atoms with E-state index in [1.807, 2.05) is 44.2 Å². The Balaban J connectivity index is 2.47. The molecule has 0 saturated heterocycles. The molecule has 2 rings (SSSR count). The molecular weight excluding hydrogens is 458 g/mol. The highest BCUT2D eigenvalue weighted by atomic mass is 16.5. The number of benzene rings is 2. The number of carbonyl (C=O) groups is 2. The van der Waals surface area contributed by atoms with E-state index in [9.17, 15) is 14.7 Å². The van der Waals surface area contributed by atoms with Crippen LogP contribution < -0.4 is 11.1 Å². The molecule has 0 spiro atoms. The lowest BCUT2D eigenvalue weighted by atomic mass is 9.81. The third-order valence-electron chi connectivity index (χ3n) is 6.02. The lowest BCUT2D eigenvalue weighted by Crippen LogP contribution is -2.38. The summed E-state index contributed by atoms with van der Waals surface area (Å²) in [6, 6.07) is 14.7. The number of nitrogens with one attached hydrogen (secondary N) is 1. The number of hydrogen-bond acceptors (Lipinski definition) is 6. The van der Waals surface area contributed by atoms with Crippen LogP contribution in [0.25, 0.3) is 0 Å². The normalized spacial score (nSPS) is 12.8. The van der Waals surface area contributed by atoms with Gasteiger partial charge in [0, 0.05) is 43.2 Å². The van der Waals surface area contributed by atoms with E-state index < -0.39 is 17.9 Å². The molecule has 8 nitrogen and oxygen atoms in total. The topological polar surface area (TPSA) is 125 Å². The van der Waals surface area contributed by atoms with Crippen LogP contribution in [0.2, 0.25) is 0 Å². The number of primary amides is 1. The molecule has 5 N–H and O–H groups in total. The first kappa shape index (κ1) is 29.5. The summed E-state index contributed by atoms with van der Waals surface area (Å²) in [4.78, 5) is 28.0. The highest BCUT2D eigenvalue weighted by molar-refractivity contribution is 6.02. The Morgan fingerprint density at radius 1 is 1.00 bits per heavy atom. The molecular formula is C28H41N3O5. The number of aliphatic hydroxyl groups is 2. The van der Waals surface area contributed by atoms with Gasteiger partial charge in [0.05, 0.1) is 25.9 Å². The van der Waals surface area contributed by atoms with Gasteiger partial charge in [-0.1, -0.05) is 50.2 Å². The second kappa shape index (κ2) is 16.1. The summed E-state index contributed by atoms with van der Waals surface area (Å²) in [5, 5.41) is 23.4. The van der Waals surface area contributed by atoms with Gasteiger partial charge in [0.15, 0.2) is 0 Å². The fourth-order valence-corrected chi connectivity index (χ4v) is 4.39. The first-order chi connectivity index (χ1) is 17.4. The van der Waals surface area contributed by atoms with Crippen LogP contribution in [0.1, 0.15) is 64.4 Å². The summed E-state index contributed by atoms with van der Waals surface area (Å²) in [5.74, 6) is -1.34. The van der Waals surface area contributed by atoms with Crippen molar-refractivity contribution in [3.05, 3.63) is 70.8 Å². The zero-order chi connectivity index (χ0) is 26.3. The van der Waals surface area contributed by atoms with Gasteiger partial charge in [0.1, 0.15) is 0 Å². The minimum Gasteiger partial charge on any atom is -0.394 e. The van der Waals surface area contributed by atoms with E-state index >= 15 is 0 Å². The van der Waals surface area contributed by atoms with Crippen LogP contribution in [0.4, 0.5) is 0 Å². The summed E-state index contributed by atoms with van der Waals surface area (Å²) in [6.07, 6.45) is 1.15. The Labute approximate surface area is 214 Å².